The van der Waals surface area contributed by atoms with Gasteiger partial charge in [0, 0.05) is 12.6 Å². The molecule has 1 unspecified atom stereocenters. The smallest absolute Gasteiger partial charge is 0.00388 e. The van der Waals surface area contributed by atoms with Crippen LogP contribution in [-0.4, -0.2) is 12.6 Å². The Morgan fingerprint density at radius 1 is 1.23 bits per heavy atom. The van der Waals surface area contributed by atoms with E-state index in [0.29, 0.717) is 0 Å². The summed E-state index contributed by atoms with van der Waals surface area (Å²) in [6.45, 7) is 8.14. The van der Waals surface area contributed by atoms with Gasteiger partial charge in [0.1, 0.15) is 0 Å². The topological polar surface area (TPSA) is 12.0 Å². The average Bonchev–Trinajstić information content (AvgIpc) is 2.84. The van der Waals surface area contributed by atoms with Crippen LogP contribution in [0.5, 0.6) is 0 Å². The van der Waals surface area contributed by atoms with Crippen LogP contribution in [0.25, 0.3) is 0 Å². The first-order valence-electron chi connectivity index (χ1n) is 5.96. The molecule has 1 aliphatic carbocycles. The van der Waals surface area contributed by atoms with Crippen molar-refractivity contribution >= 4 is 0 Å². The molecule has 78 valence electrons. The van der Waals surface area contributed by atoms with Crippen LogP contribution in [0, 0.1) is 5.41 Å². The molecule has 0 amide bonds. The summed E-state index contributed by atoms with van der Waals surface area (Å²) >= 11 is 0. The first-order valence-corrected chi connectivity index (χ1v) is 5.96. The summed E-state index contributed by atoms with van der Waals surface area (Å²) in [7, 11) is 0. The van der Waals surface area contributed by atoms with Gasteiger partial charge in [0.15, 0.2) is 0 Å². The third kappa shape index (κ3) is 3.68. The van der Waals surface area contributed by atoms with Crippen LogP contribution in [0.2, 0.25) is 0 Å². The van der Waals surface area contributed by atoms with Crippen molar-refractivity contribution in [3.63, 3.8) is 0 Å². The largest absolute Gasteiger partial charge is 0.314 e. The van der Waals surface area contributed by atoms with Crippen LogP contribution in [0.15, 0.2) is 0 Å². The molecule has 0 aliphatic heterocycles. The summed E-state index contributed by atoms with van der Waals surface area (Å²) < 4.78 is 0. The molecule has 0 saturated heterocycles. The minimum absolute atomic E-state index is 0.719. The van der Waals surface area contributed by atoms with Gasteiger partial charge in [0.25, 0.3) is 0 Å². The fourth-order valence-corrected chi connectivity index (χ4v) is 2.15. The van der Waals surface area contributed by atoms with Gasteiger partial charge in [-0.1, -0.05) is 26.7 Å². The molecule has 0 aromatic heterocycles. The molecule has 0 aromatic carbocycles. The Kier molecular flexibility index (Phi) is 4.24. The van der Waals surface area contributed by atoms with Gasteiger partial charge in [-0.05, 0) is 38.0 Å². The van der Waals surface area contributed by atoms with Crippen molar-refractivity contribution in [3.05, 3.63) is 0 Å². The van der Waals surface area contributed by atoms with Gasteiger partial charge in [-0.2, -0.15) is 0 Å². The van der Waals surface area contributed by atoms with Crippen LogP contribution >= 0.6 is 0 Å². The Morgan fingerprint density at radius 2 is 1.92 bits per heavy atom. The lowest BCUT2D eigenvalue weighted by atomic mass is 10.0. The van der Waals surface area contributed by atoms with Crippen LogP contribution in [0.3, 0.4) is 0 Å². The monoisotopic (exact) mass is 183 g/mol. The molecule has 1 heteroatoms. The van der Waals surface area contributed by atoms with Crippen molar-refractivity contribution < 1.29 is 0 Å². The first kappa shape index (κ1) is 11.0. The van der Waals surface area contributed by atoms with Crippen molar-refractivity contribution in [3.8, 4) is 0 Å². The highest BCUT2D eigenvalue weighted by Crippen LogP contribution is 2.48. The number of nitrogens with one attached hydrogen (secondary N) is 1. The zero-order valence-corrected chi connectivity index (χ0v) is 9.53. The molecule has 0 spiro atoms. The maximum absolute atomic E-state index is 3.67. The Labute approximate surface area is 83.3 Å². The Bertz CT molecular complexity index is 138. The van der Waals surface area contributed by atoms with E-state index in [9.17, 15) is 0 Å². The molecule has 13 heavy (non-hydrogen) atoms. The molecule has 0 heterocycles. The Hall–Kier alpha value is -0.0400. The second-order valence-electron chi connectivity index (χ2n) is 4.82. The molecule has 0 aromatic rings. The first-order chi connectivity index (χ1) is 6.22. The molecule has 0 bridgehead atoms. The Morgan fingerprint density at radius 3 is 2.38 bits per heavy atom. The lowest BCUT2D eigenvalue weighted by molar-refractivity contribution is 0.384. The second-order valence-corrected chi connectivity index (χ2v) is 4.82. The molecule has 1 nitrogen and oxygen atoms in total. The SMILES string of the molecule is CCCC(C)NCC1(CCC)CC1. The van der Waals surface area contributed by atoms with E-state index >= 15 is 0 Å². The minimum Gasteiger partial charge on any atom is -0.314 e. The number of hydrogen-bond donors (Lipinski definition) is 1. The van der Waals surface area contributed by atoms with Crippen LogP contribution < -0.4 is 5.32 Å². The molecular weight excluding hydrogens is 158 g/mol. The highest BCUT2D eigenvalue weighted by molar-refractivity contribution is 4.94. The lowest BCUT2D eigenvalue weighted by Gasteiger charge is -2.19. The van der Waals surface area contributed by atoms with Crippen molar-refractivity contribution in [1.29, 1.82) is 0 Å². The second kappa shape index (κ2) is 4.99. The van der Waals surface area contributed by atoms with Gasteiger partial charge >= 0.3 is 0 Å². The Balaban J connectivity index is 2.10. The van der Waals surface area contributed by atoms with E-state index in [4.69, 9.17) is 0 Å². The van der Waals surface area contributed by atoms with E-state index in [2.05, 4.69) is 26.1 Å². The van der Waals surface area contributed by atoms with Gasteiger partial charge in [-0.25, -0.2) is 0 Å². The van der Waals surface area contributed by atoms with Crippen molar-refractivity contribution in [2.75, 3.05) is 6.54 Å². The summed E-state index contributed by atoms with van der Waals surface area (Å²) in [6, 6.07) is 0.722. The summed E-state index contributed by atoms with van der Waals surface area (Å²) in [5.41, 5.74) is 0.719. The van der Waals surface area contributed by atoms with E-state index in [1.54, 1.807) is 0 Å². The van der Waals surface area contributed by atoms with E-state index in [1.807, 2.05) is 0 Å². The van der Waals surface area contributed by atoms with Crippen molar-refractivity contribution in [1.82, 2.24) is 5.32 Å². The van der Waals surface area contributed by atoms with Gasteiger partial charge in [0.2, 0.25) is 0 Å². The fraction of sp³-hybridized carbons (Fsp3) is 1.00. The molecule has 1 rings (SSSR count). The van der Waals surface area contributed by atoms with E-state index < -0.39 is 0 Å². The molecule has 1 aliphatic rings. The number of rotatable bonds is 7. The quantitative estimate of drug-likeness (QED) is 0.638. The molecule has 1 N–H and O–H groups in total. The zero-order chi connectivity index (χ0) is 9.73. The minimum atomic E-state index is 0.719. The van der Waals surface area contributed by atoms with Crippen LogP contribution in [-0.2, 0) is 0 Å². The average molecular weight is 183 g/mol. The summed E-state index contributed by atoms with van der Waals surface area (Å²) in [6.07, 6.45) is 8.33. The summed E-state index contributed by atoms with van der Waals surface area (Å²) in [4.78, 5) is 0. The third-order valence-electron chi connectivity index (χ3n) is 3.28. The van der Waals surface area contributed by atoms with Crippen LogP contribution in [0.1, 0.15) is 59.3 Å². The predicted molar refractivity (Wildman–Crippen MR) is 58.9 cm³/mol. The summed E-state index contributed by atoms with van der Waals surface area (Å²) in [5, 5.41) is 3.67. The molecule has 1 fully saturated rings. The van der Waals surface area contributed by atoms with Gasteiger partial charge in [-0.15, -0.1) is 0 Å². The van der Waals surface area contributed by atoms with Crippen molar-refractivity contribution in [2.24, 2.45) is 5.41 Å². The summed E-state index contributed by atoms with van der Waals surface area (Å²) in [5.74, 6) is 0. The molecule has 1 saturated carbocycles. The highest BCUT2D eigenvalue weighted by atomic mass is 14.9. The molecular formula is C12H25N. The lowest BCUT2D eigenvalue weighted by Crippen LogP contribution is -2.31. The standard InChI is InChI=1S/C12H25N/c1-4-6-11(3)13-10-12(7-5-2)8-9-12/h11,13H,4-10H2,1-3H3. The fourth-order valence-electron chi connectivity index (χ4n) is 2.15. The predicted octanol–water partition coefficient (Wildman–Crippen LogP) is 3.34. The normalized spacial score (nSPS) is 21.5. The van der Waals surface area contributed by atoms with E-state index in [0.717, 1.165) is 11.5 Å². The zero-order valence-electron chi connectivity index (χ0n) is 9.53. The highest BCUT2D eigenvalue weighted by Gasteiger charge is 2.40. The van der Waals surface area contributed by atoms with E-state index in [-0.39, 0.29) is 0 Å². The molecule has 1 atom stereocenters. The van der Waals surface area contributed by atoms with Crippen molar-refractivity contribution in [2.45, 2.75) is 65.3 Å². The van der Waals surface area contributed by atoms with Gasteiger partial charge < -0.3 is 5.32 Å². The maximum atomic E-state index is 3.67. The maximum Gasteiger partial charge on any atom is 0.00388 e. The van der Waals surface area contributed by atoms with E-state index in [1.165, 1.54) is 45.1 Å². The van der Waals surface area contributed by atoms with Crippen LogP contribution in [0.4, 0.5) is 0 Å². The third-order valence-corrected chi connectivity index (χ3v) is 3.28. The van der Waals surface area contributed by atoms with Gasteiger partial charge in [-0.3, -0.25) is 0 Å². The van der Waals surface area contributed by atoms with Gasteiger partial charge in [0.05, 0.1) is 0 Å². The molecule has 0 radical (unpaired) electrons. The number of hydrogen-bond acceptors (Lipinski definition) is 1.